The van der Waals surface area contributed by atoms with Crippen LogP contribution in [0, 0.1) is 5.82 Å². The summed E-state index contributed by atoms with van der Waals surface area (Å²) in [6, 6.07) is 10.3. The van der Waals surface area contributed by atoms with Crippen LogP contribution < -0.4 is 17.0 Å². The molecule has 20 heavy (non-hydrogen) atoms. The highest BCUT2D eigenvalue weighted by Crippen LogP contribution is 2.20. The summed E-state index contributed by atoms with van der Waals surface area (Å²) in [5.74, 6) is 6.63. The van der Waals surface area contributed by atoms with E-state index < -0.39 is 0 Å². The average molecular weight is 292 g/mol. The van der Waals surface area contributed by atoms with Crippen LogP contribution in [0.25, 0.3) is 0 Å². The van der Waals surface area contributed by atoms with Crippen molar-refractivity contribution in [3.63, 3.8) is 0 Å². The first-order valence-corrected chi connectivity index (χ1v) is 7.21. The molecule has 0 saturated heterocycles. The molecule has 0 bridgehead atoms. The standard InChI is InChI=1S/C14H17FN4S/c15-11-3-5-13(6-4-11)20-9-12(19-17)8-10-2-1-7-18-14(10)16/h1-7,12,19H,8-9,17H2,(H2,16,18). The molecule has 0 fully saturated rings. The summed E-state index contributed by atoms with van der Waals surface area (Å²) in [5, 5.41) is 0. The van der Waals surface area contributed by atoms with Crippen LogP contribution in [0.1, 0.15) is 5.56 Å². The van der Waals surface area contributed by atoms with Gasteiger partial charge >= 0.3 is 0 Å². The van der Waals surface area contributed by atoms with Gasteiger partial charge in [-0.05, 0) is 42.3 Å². The minimum atomic E-state index is -0.231. The average Bonchev–Trinajstić information content (AvgIpc) is 2.47. The number of hydrogen-bond donors (Lipinski definition) is 3. The Bertz CT molecular complexity index is 547. The van der Waals surface area contributed by atoms with Crippen LogP contribution in [0.15, 0.2) is 47.5 Å². The van der Waals surface area contributed by atoms with Gasteiger partial charge in [-0.3, -0.25) is 11.3 Å². The smallest absolute Gasteiger partial charge is 0.126 e. The van der Waals surface area contributed by atoms with Crippen molar-refractivity contribution < 1.29 is 4.39 Å². The third-order valence-electron chi connectivity index (χ3n) is 2.89. The number of hydrazine groups is 1. The Kier molecular flexibility index (Phi) is 5.34. The number of hydrogen-bond acceptors (Lipinski definition) is 5. The van der Waals surface area contributed by atoms with Crippen LogP contribution in [0.3, 0.4) is 0 Å². The Balaban J connectivity index is 1.92. The highest BCUT2D eigenvalue weighted by molar-refractivity contribution is 7.99. The SMILES string of the molecule is NNC(CSc1ccc(F)cc1)Cc1cccnc1N. The molecule has 6 heteroatoms. The number of anilines is 1. The fraction of sp³-hybridized carbons (Fsp3) is 0.214. The molecule has 106 valence electrons. The highest BCUT2D eigenvalue weighted by atomic mass is 32.2. The van der Waals surface area contributed by atoms with Crippen molar-refractivity contribution in [1.82, 2.24) is 10.4 Å². The molecule has 0 radical (unpaired) electrons. The van der Waals surface area contributed by atoms with Gasteiger partial charge in [0.2, 0.25) is 0 Å². The van der Waals surface area contributed by atoms with E-state index in [2.05, 4.69) is 10.4 Å². The number of nitrogens with two attached hydrogens (primary N) is 2. The van der Waals surface area contributed by atoms with E-state index in [1.165, 1.54) is 12.1 Å². The van der Waals surface area contributed by atoms with Crippen molar-refractivity contribution in [2.24, 2.45) is 5.84 Å². The minimum absolute atomic E-state index is 0.0663. The third kappa shape index (κ3) is 4.19. The molecule has 1 aromatic heterocycles. The molecule has 2 aromatic rings. The van der Waals surface area contributed by atoms with Gasteiger partial charge in [-0.25, -0.2) is 9.37 Å². The summed E-state index contributed by atoms with van der Waals surface area (Å²) in [4.78, 5) is 5.06. The lowest BCUT2D eigenvalue weighted by atomic mass is 10.1. The molecular formula is C14H17FN4S. The highest BCUT2D eigenvalue weighted by Gasteiger charge is 2.11. The topological polar surface area (TPSA) is 77.0 Å². The lowest BCUT2D eigenvalue weighted by molar-refractivity contribution is 0.575. The van der Waals surface area contributed by atoms with E-state index in [0.29, 0.717) is 12.2 Å². The number of nitrogens with one attached hydrogen (secondary N) is 1. The Hall–Kier alpha value is -1.63. The Morgan fingerprint density at radius 3 is 2.65 bits per heavy atom. The fourth-order valence-electron chi connectivity index (χ4n) is 1.78. The van der Waals surface area contributed by atoms with Gasteiger partial charge < -0.3 is 5.73 Å². The zero-order valence-corrected chi connectivity index (χ0v) is 11.7. The number of pyridine rings is 1. The van der Waals surface area contributed by atoms with Crippen molar-refractivity contribution in [2.75, 3.05) is 11.5 Å². The first kappa shape index (κ1) is 14.8. The van der Waals surface area contributed by atoms with Gasteiger partial charge in [0.15, 0.2) is 0 Å². The summed E-state index contributed by atoms with van der Waals surface area (Å²) in [6.07, 6.45) is 2.36. The number of aromatic nitrogens is 1. The predicted octanol–water partition coefficient (Wildman–Crippen LogP) is 1.97. The molecule has 0 aliphatic heterocycles. The van der Waals surface area contributed by atoms with E-state index in [9.17, 15) is 4.39 Å². The second kappa shape index (κ2) is 7.23. The van der Waals surface area contributed by atoms with Gasteiger partial charge in [0.25, 0.3) is 0 Å². The predicted molar refractivity (Wildman–Crippen MR) is 80.6 cm³/mol. The molecule has 0 aliphatic carbocycles. The molecule has 1 heterocycles. The molecule has 0 aliphatic rings. The monoisotopic (exact) mass is 292 g/mol. The van der Waals surface area contributed by atoms with E-state index in [1.807, 2.05) is 12.1 Å². The molecule has 0 spiro atoms. The van der Waals surface area contributed by atoms with E-state index >= 15 is 0 Å². The quantitative estimate of drug-likeness (QED) is 0.431. The second-order valence-corrected chi connectivity index (χ2v) is 5.47. The maximum absolute atomic E-state index is 12.8. The zero-order valence-electron chi connectivity index (χ0n) is 10.9. The molecule has 5 N–H and O–H groups in total. The molecule has 2 rings (SSSR count). The van der Waals surface area contributed by atoms with Crippen molar-refractivity contribution in [3.05, 3.63) is 54.0 Å². The molecular weight excluding hydrogens is 275 g/mol. The Labute approximate surface area is 121 Å². The van der Waals surface area contributed by atoms with Crippen LogP contribution in [-0.4, -0.2) is 16.8 Å². The number of halogens is 1. The Morgan fingerprint density at radius 2 is 2.00 bits per heavy atom. The Morgan fingerprint density at radius 1 is 1.25 bits per heavy atom. The van der Waals surface area contributed by atoms with E-state index in [-0.39, 0.29) is 11.9 Å². The lowest BCUT2D eigenvalue weighted by Crippen LogP contribution is -2.38. The summed E-state index contributed by atoms with van der Waals surface area (Å²) in [6.45, 7) is 0. The molecule has 1 unspecified atom stereocenters. The number of nitrogen functional groups attached to an aromatic ring is 1. The molecule has 0 saturated carbocycles. The van der Waals surface area contributed by atoms with Crippen molar-refractivity contribution in [2.45, 2.75) is 17.4 Å². The largest absolute Gasteiger partial charge is 0.383 e. The van der Waals surface area contributed by atoms with Crippen molar-refractivity contribution >= 4 is 17.6 Å². The van der Waals surface area contributed by atoms with Gasteiger partial charge in [-0.15, -0.1) is 11.8 Å². The summed E-state index contributed by atoms with van der Waals surface area (Å²) in [5.41, 5.74) is 9.57. The molecule has 0 amide bonds. The molecule has 4 nitrogen and oxygen atoms in total. The third-order valence-corrected chi connectivity index (χ3v) is 4.07. The van der Waals surface area contributed by atoms with Gasteiger partial charge in [-0.1, -0.05) is 6.07 Å². The van der Waals surface area contributed by atoms with E-state index in [4.69, 9.17) is 11.6 Å². The van der Waals surface area contributed by atoms with Crippen molar-refractivity contribution in [3.8, 4) is 0 Å². The number of thioether (sulfide) groups is 1. The van der Waals surface area contributed by atoms with Gasteiger partial charge in [0.1, 0.15) is 11.6 Å². The van der Waals surface area contributed by atoms with E-state index in [1.54, 1.807) is 30.1 Å². The second-order valence-electron chi connectivity index (χ2n) is 4.38. The van der Waals surface area contributed by atoms with Crippen LogP contribution in [-0.2, 0) is 6.42 Å². The summed E-state index contributed by atoms with van der Waals surface area (Å²) in [7, 11) is 0. The van der Waals surface area contributed by atoms with E-state index in [0.717, 1.165) is 16.2 Å². The summed E-state index contributed by atoms with van der Waals surface area (Å²) >= 11 is 1.62. The fourth-order valence-corrected chi connectivity index (χ4v) is 2.72. The maximum Gasteiger partial charge on any atom is 0.126 e. The minimum Gasteiger partial charge on any atom is -0.383 e. The normalized spacial score (nSPS) is 12.3. The summed E-state index contributed by atoms with van der Waals surface area (Å²) < 4.78 is 12.8. The molecule has 1 atom stereocenters. The first-order chi connectivity index (χ1) is 9.69. The van der Waals surface area contributed by atoms with Crippen molar-refractivity contribution in [1.29, 1.82) is 0 Å². The lowest BCUT2D eigenvalue weighted by Gasteiger charge is -2.16. The van der Waals surface area contributed by atoms with Crippen LogP contribution in [0.5, 0.6) is 0 Å². The first-order valence-electron chi connectivity index (χ1n) is 6.23. The van der Waals surface area contributed by atoms with Gasteiger partial charge in [0.05, 0.1) is 0 Å². The molecule has 1 aromatic carbocycles. The van der Waals surface area contributed by atoms with Gasteiger partial charge in [0, 0.05) is 22.9 Å². The number of rotatable bonds is 6. The zero-order chi connectivity index (χ0) is 14.4. The van der Waals surface area contributed by atoms with Crippen LogP contribution in [0.4, 0.5) is 10.2 Å². The number of benzene rings is 1. The maximum atomic E-state index is 12.8. The van der Waals surface area contributed by atoms with Crippen LogP contribution >= 0.6 is 11.8 Å². The van der Waals surface area contributed by atoms with Gasteiger partial charge in [-0.2, -0.15) is 0 Å². The van der Waals surface area contributed by atoms with Crippen LogP contribution in [0.2, 0.25) is 0 Å². The number of nitrogens with zero attached hydrogens (tertiary/aromatic N) is 1.